The molecule has 4 aromatic heterocycles. The average Bonchev–Trinajstić information content (AvgIpc) is 1.57. The molecule has 0 aliphatic carbocycles. The van der Waals surface area contributed by atoms with Crippen LogP contribution >= 0.6 is 0 Å². The van der Waals surface area contributed by atoms with E-state index in [9.17, 15) is 19.2 Å². The smallest absolute Gasteiger partial charge is 0.324 e. The monoisotopic (exact) mass is 1710 g/mol. The van der Waals surface area contributed by atoms with E-state index in [0.29, 0.717) is 46.5 Å². The number of anilines is 7. The minimum absolute atomic E-state index is 0. The molecule has 0 unspecified atom stereocenters. The van der Waals surface area contributed by atoms with Crippen LogP contribution in [-0.2, 0) is 50.1 Å². The van der Waals surface area contributed by atoms with Crippen LogP contribution in [0.2, 0.25) is 0 Å². The van der Waals surface area contributed by atoms with Gasteiger partial charge < -0.3 is 50.8 Å². The molecule has 3 saturated heterocycles. The van der Waals surface area contributed by atoms with Gasteiger partial charge in [-0.25, -0.2) is 19.1 Å². The molecule has 23 nitrogen and oxygen atoms in total. The second-order valence-electron chi connectivity index (χ2n) is 35.4. The minimum atomic E-state index is -0.422. The van der Waals surface area contributed by atoms with Crippen molar-refractivity contribution in [1.29, 1.82) is 0 Å². The standard InChI is InChI=1S/C35H38N6O2.C35H41N5O4.C33H38N4O2.CH4/c1-24-9-13-27(14-10-24)41-33(21-32(39-41)35(2,3)4)38-34(42)37-31-16-15-28(29-7-5-6-8-30(29)31)25-11-12-26(36-22-25)23-40-17-19-43-20-18-40;1-6-32(41)37-30-19-24(35(2,3)4)20-31(33(30)43-5)39-34(42)38-29-14-13-26(27-9-7-8-10-28(27)29)23-11-12-25(36-21-23)22-40-15-17-44-18-16-40;1-33(2,3)24-13-17-31(39-4)30(20-24)36-32(38)35-29-16-15-26(27-10-6-7-11-28(27)29)23-12-14-25(34-21-23)22-37-18-8-5-9-19-37;/h5-16,21-22H,17-20,23H2,1-4H3,(H2,37,38,42);7-14,19-21H,6,15-18,22H2,1-5H3,(H,37,41)(H2,38,39,42);6-7,10-17,20-21H,5,8-9,18-19,22H2,1-4H3,(H2,35,36,38);1H4. The number of nitrogens with zero attached hydrogens (tertiary/aromatic N) is 8. The number of amides is 7. The molecule has 7 N–H and O–H groups in total. The highest BCUT2D eigenvalue weighted by atomic mass is 16.5. The molecule has 3 aliphatic rings. The van der Waals surface area contributed by atoms with Gasteiger partial charge in [-0.05, 0) is 160 Å². The van der Waals surface area contributed by atoms with Gasteiger partial charge in [0.25, 0.3) is 0 Å². The highest BCUT2D eigenvalue weighted by Gasteiger charge is 2.27. The third-order valence-electron chi connectivity index (χ3n) is 23.1. The van der Waals surface area contributed by atoms with E-state index in [2.05, 4.69) is 169 Å². The van der Waals surface area contributed by atoms with Crippen LogP contribution in [0, 0.1) is 6.92 Å². The maximum Gasteiger partial charge on any atom is 0.324 e. The Morgan fingerprint density at radius 3 is 1.18 bits per heavy atom. The molecule has 3 fully saturated rings. The molecule has 7 amide bonds. The van der Waals surface area contributed by atoms with Crippen molar-refractivity contribution in [2.75, 3.05) is 117 Å². The van der Waals surface area contributed by atoms with Crippen LogP contribution in [0.4, 0.5) is 54.3 Å². The molecule has 7 heterocycles. The molecular weight excluding hydrogens is 1590 g/mol. The number of carbonyl (C=O) groups excluding carboxylic acids is 4. The summed E-state index contributed by atoms with van der Waals surface area (Å²) in [7, 11) is 3.13. The zero-order valence-electron chi connectivity index (χ0n) is 74.7. The Bertz CT molecular complexity index is 5980. The van der Waals surface area contributed by atoms with E-state index in [1.54, 1.807) is 18.7 Å². The van der Waals surface area contributed by atoms with Crippen LogP contribution < -0.4 is 46.7 Å². The van der Waals surface area contributed by atoms with Gasteiger partial charge in [-0.15, -0.1) is 0 Å². The molecule has 16 rings (SSSR count). The topological polar surface area (TPSA) is 256 Å². The first-order chi connectivity index (χ1) is 60.7. The van der Waals surface area contributed by atoms with Gasteiger partial charge in [-0.2, -0.15) is 5.10 Å². The van der Waals surface area contributed by atoms with Crippen LogP contribution in [0.15, 0.2) is 225 Å². The second-order valence-corrected chi connectivity index (χ2v) is 35.4. The maximum atomic E-state index is 13.4. The van der Waals surface area contributed by atoms with Crippen molar-refractivity contribution in [3.63, 3.8) is 0 Å². The lowest BCUT2D eigenvalue weighted by Crippen LogP contribution is -2.35. The molecule has 0 spiro atoms. The number of nitrogens with one attached hydrogen (secondary N) is 7. The molecule has 13 aromatic rings. The zero-order valence-corrected chi connectivity index (χ0v) is 74.7. The number of likely N-dealkylation sites (tertiary alicyclic amines) is 1. The van der Waals surface area contributed by atoms with Crippen LogP contribution in [0.5, 0.6) is 11.5 Å². The number of rotatable bonds is 20. The van der Waals surface area contributed by atoms with Crippen molar-refractivity contribution in [2.24, 2.45) is 0 Å². The zero-order chi connectivity index (χ0) is 88.7. The predicted molar refractivity (Wildman–Crippen MR) is 517 cm³/mol. The van der Waals surface area contributed by atoms with E-state index in [0.717, 1.165) is 208 Å². The van der Waals surface area contributed by atoms with Gasteiger partial charge in [0.15, 0.2) is 5.75 Å². The van der Waals surface area contributed by atoms with Crippen LogP contribution in [0.25, 0.3) is 71.4 Å². The van der Waals surface area contributed by atoms with Crippen LogP contribution in [-0.4, -0.2) is 143 Å². The number of ether oxygens (including phenoxy) is 4. The van der Waals surface area contributed by atoms with Crippen molar-refractivity contribution >= 4 is 96.3 Å². The number of aryl methyl sites for hydroxylation is 1. The molecule has 0 bridgehead atoms. The number of urea groups is 3. The normalized spacial score (nSPS) is 14.0. The van der Waals surface area contributed by atoms with E-state index in [1.165, 1.54) is 26.4 Å². The highest BCUT2D eigenvalue weighted by molar-refractivity contribution is 6.13. The van der Waals surface area contributed by atoms with Gasteiger partial charge in [0.2, 0.25) is 5.91 Å². The summed E-state index contributed by atoms with van der Waals surface area (Å²) in [5.41, 5.74) is 17.8. The summed E-state index contributed by atoms with van der Waals surface area (Å²) in [5.74, 6) is 1.48. The van der Waals surface area contributed by atoms with E-state index in [4.69, 9.17) is 39.0 Å². The molecule has 0 atom stereocenters. The molecule has 0 saturated carbocycles. The molecular formula is C104H121N15O8. The van der Waals surface area contributed by atoms with Crippen LogP contribution in [0.3, 0.4) is 0 Å². The highest BCUT2D eigenvalue weighted by Crippen LogP contribution is 2.42. The first kappa shape index (κ1) is 91.8. The van der Waals surface area contributed by atoms with Crippen molar-refractivity contribution in [3.05, 3.63) is 264 Å². The SMILES string of the molecule is C.CCC(=O)Nc1cc(C(C)(C)C)cc(NC(=O)Nc2ccc(-c3ccc(CN4CCOCC4)nc3)c3ccccc23)c1OC.COc1ccc(C(C)(C)C)cc1NC(=O)Nc1ccc(-c2ccc(CN3CCCCC3)nc2)c2ccccc12.Cc1ccc(-n2nc(C(C)(C)C)cc2NC(=O)Nc2ccc(-c3ccc(CN4CCOCC4)nc3)c3ccccc23)cc1. The quantitative estimate of drug-likeness (QED) is 0.0374. The fourth-order valence-electron chi connectivity index (χ4n) is 15.9. The fourth-order valence-corrected chi connectivity index (χ4v) is 15.9. The van der Waals surface area contributed by atoms with E-state index in [-0.39, 0.29) is 41.6 Å². The molecule has 127 heavy (non-hydrogen) atoms. The van der Waals surface area contributed by atoms with Crippen molar-refractivity contribution in [3.8, 4) is 50.6 Å². The lowest BCUT2D eigenvalue weighted by molar-refractivity contribution is -0.115. The lowest BCUT2D eigenvalue weighted by atomic mass is 9.86. The number of carbonyl (C=O) groups is 4. The summed E-state index contributed by atoms with van der Waals surface area (Å²) in [6.45, 7) is 34.4. The maximum absolute atomic E-state index is 13.4. The molecule has 9 aromatic carbocycles. The number of hydrogen-bond donors (Lipinski definition) is 7. The van der Waals surface area contributed by atoms with Gasteiger partial charge in [-0.3, -0.25) is 39.8 Å². The summed E-state index contributed by atoms with van der Waals surface area (Å²) in [6.07, 6.45) is 10.0. The number of fused-ring (bicyclic) bond motifs is 3. The van der Waals surface area contributed by atoms with E-state index < -0.39 is 6.03 Å². The third-order valence-corrected chi connectivity index (χ3v) is 23.1. The molecule has 660 valence electrons. The molecule has 23 heteroatoms. The third kappa shape index (κ3) is 23.4. The molecule has 0 radical (unpaired) electrons. The van der Waals surface area contributed by atoms with Gasteiger partial charge >= 0.3 is 18.1 Å². The molecule has 3 aliphatic heterocycles. The number of methoxy groups -OCH3 is 2. The van der Waals surface area contributed by atoms with Crippen molar-refractivity contribution in [2.45, 2.75) is 145 Å². The summed E-state index contributed by atoms with van der Waals surface area (Å²) in [4.78, 5) is 73.7. The first-order valence-electron chi connectivity index (χ1n) is 43.6. The second kappa shape index (κ2) is 41.5. The Balaban J connectivity index is 0.000000163. The summed E-state index contributed by atoms with van der Waals surface area (Å²) >= 11 is 0. The Morgan fingerprint density at radius 2 is 0.787 bits per heavy atom. The van der Waals surface area contributed by atoms with Gasteiger partial charge in [0, 0.05) is 115 Å². The Labute approximate surface area is 746 Å². The number of hydrogen-bond acceptors (Lipinski definition) is 15. The minimum Gasteiger partial charge on any atom is -0.495 e. The van der Waals surface area contributed by atoms with E-state index >= 15 is 0 Å². The number of morpholine rings is 2. The predicted octanol–water partition coefficient (Wildman–Crippen LogP) is 22.7. The van der Waals surface area contributed by atoms with Gasteiger partial charge in [0.1, 0.15) is 11.6 Å². The Hall–Kier alpha value is -12.9. The van der Waals surface area contributed by atoms with Crippen molar-refractivity contribution < 1.29 is 38.1 Å². The number of benzene rings is 9. The Kier molecular flexibility index (Phi) is 30.0. The summed E-state index contributed by atoms with van der Waals surface area (Å²) in [5, 5.41) is 31.8. The van der Waals surface area contributed by atoms with Gasteiger partial charge in [0.05, 0.1) is 103 Å². The number of pyridine rings is 3. The number of aromatic nitrogens is 5. The van der Waals surface area contributed by atoms with Gasteiger partial charge in [-0.1, -0.05) is 216 Å². The summed E-state index contributed by atoms with van der Waals surface area (Å²) < 4.78 is 23.9. The van der Waals surface area contributed by atoms with E-state index in [1.807, 2.05) is 177 Å². The average molecular weight is 1710 g/mol. The summed E-state index contributed by atoms with van der Waals surface area (Å²) in [6, 6.07) is 67.5. The first-order valence-corrected chi connectivity index (χ1v) is 43.6. The van der Waals surface area contributed by atoms with Crippen LogP contribution in [0.1, 0.15) is 142 Å². The largest absolute Gasteiger partial charge is 0.495 e. The van der Waals surface area contributed by atoms with Crippen molar-refractivity contribution in [1.82, 2.24) is 39.4 Å². The lowest BCUT2D eigenvalue weighted by Gasteiger charge is -2.26. The number of piperidine rings is 1. The fraction of sp³-hybridized carbons (Fsp3) is 0.327. The Morgan fingerprint density at radius 1 is 0.394 bits per heavy atom.